The van der Waals surface area contributed by atoms with Crippen LogP contribution in [0, 0.1) is 11.6 Å². The molecule has 2 unspecified atom stereocenters. The van der Waals surface area contributed by atoms with E-state index in [2.05, 4.69) is 22.5 Å². The van der Waals surface area contributed by atoms with Crippen LogP contribution in [-0.4, -0.2) is 18.1 Å². The molecule has 162 valence electrons. The van der Waals surface area contributed by atoms with Gasteiger partial charge in [-0.2, -0.15) is 0 Å². The minimum absolute atomic E-state index is 0.143. The Morgan fingerprint density at radius 2 is 1.97 bits per heavy atom. The van der Waals surface area contributed by atoms with E-state index in [4.69, 9.17) is 4.74 Å². The van der Waals surface area contributed by atoms with Crippen molar-refractivity contribution in [3.05, 3.63) is 59.1 Å². The zero-order chi connectivity index (χ0) is 22.1. The van der Waals surface area contributed by atoms with E-state index in [1.807, 2.05) is 33.9 Å². The lowest BCUT2D eigenvalue weighted by atomic mass is 9.86. The maximum atomic E-state index is 15.0. The van der Waals surface area contributed by atoms with Gasteiger partial charge in [0.2, 0.25) is 0 Å². The van der Waals surface area contributed by atoms with Crippen molar-refractivity contribution in [2.24, 2.45) is 0 Å². The predicted molar refractivity (Wildman–Crippen MR) is 116 cm³/mol. The second-order valence-electron chi connectivity index (χ2n) is 8.88. The number of hydrogen-bond acceptors (Lipinski definition) is 4. The van der Waals surface area contributed by atoms with Crippen LogP contribution in [0.15, 0.2) is 36.3 Å². The molecule has 0 saturated heterocycles. The van der Waals surface area contributed by atoms with Crippen molar-refractivity contribution in [3.63, 3.8) is 0 Å². The Kier molecular flexibility index (Phi) is 6.34. The standard InChI is InChI=1S/C24H31F2N3O/c1-7-15-8-16(12-27-15)29-14(2)17-9-21(26)18(10-20(17)25)22-11-19(24(3,4)5)23(30-6)13-28-22/h9-15,27,29H,7-8H2,1-6H3. The van der Waals surface area contributed by atoms with Gasteiger partial charge in [0.25, 0.3) is 0 Å². The molecule has 0 spiro atoms. The Bertz CT molecular complexity index is 950. The molecule has 1 aromatic heterocycles. The van der Waals surface area contributed by atoms with E-state index in [0.29, 0.717) is 23.0 Å². The number of ether oxygens (including phenoxy) is 1. The zero-order valence-electron chi connectivity index (χ0n) is 18.6. The first-order chi connectivity index (χ1) is 14.1. The SMILES string of the molecule is CCC1CC(NC(C)c2cc(F)c(-c3cc(C(C)(C)C)c(OC)cn3)cc2F)=CN1. The number of pyridine rings is 1. The predicted octanol–water partition coefficient (Wildman–Crippen LogP) is 5.60. The molecule has 2 atom stereocenters. The summed E-state index contributed by atoms with van der Waals surface area (Å²) >= 11 is 0. The Morgan fingerprint density at radius 3 is 2.57 bits per heavy atom. The summed E-state index contributed by atoms with van der Waals surface area (Å²) in [5.74, 6) is -0.326. The minimum Gasteiger partial charge on any atom is -0.495 e. The van der Waals surface area contributed by atoms with Crippen LogP contribution in [0.4, 0.5) is 8.78 Å². The molecule has 0 amide bonds. The number of nitrogens with one attached hydrogen (secondary N) is 2. The maximum absolute atomic E-state index is 15.0. The van der Waals surface area contributed by atoms with Gasteiger partial charge >= 0.3 is 0 Å². The maximum Gasteiger partial charge on any atom is 0.140 e. The number of halogens is 2. The molecule has 2 aromatic rings. The Morgan fingerprint density at radius 1 is 1.23 bits per heavy atom. The molecule has 30 heavy (non-hydrogen) atoms. The van der Waals surface area contributed by atoms with E-state index >= 15 is 4.39 Å². The number of nitrogens with zero attached hydrogens (tertiary/aromatic N) is 1. The van der Waals surface area contributed by atoms with Gasteiger partial charge in [0.15, 0.2) is 0 Å². The molecular formula is C24H31F2N3O. The Hall–Kier alpha value is -2.63. The highest BCUT2D eigenvalue weighted by atomic mass is 19.1. The second kappa shape index (κ2) is 8.62. The van der Waals surface area contributed by atoms with Crippen LogP contribution in [0.1, 0.15) is 64.6 Å². The lowest BCUT2D eigenvalue weighted by molar-refractivity contribution is 0.395. The number of rotatable bonds is 6. The van der Waals surface area contributed by atoms with Gasteiger partial charge in [-0.15, -0.1) is 0 Å². The fourth-order valence-corrected chi connectivity index (χ4v) is 3.75. The van der Waals surface area contributed by atoms with Gasteiger partial charge < -0.3 is 15.4 Å². The van der Waals surface area contributed by atoms with Crippen LogP contribution in [0.2, 0.25) is 0 Å². The summed E-state index contributed by atoms with van der Waals surface area (Å²) in [5.41, 5.74) is 2.49. The van der Waals surface area contributed by atoms with Gasteiger partial charge in [-0.05, 0) is 37.0 Å². The third-order valence-corrected chi connectivity index (χ3v) is 5.58. The minimum atomic E-state index is -0.498. The molecule has 6 heteroatoms. The molecule has 1 aliphatic heterocycles. The molecule has 2 heterocycles. The van der Waals surface area contributed by atoms with E-state index in [1.165, 1.54) is 12.1 Å². The normalized spacial score (nSPS) is 17.3. The molecule has 0 aliphatic carbocycles. The van der Waals surface area contributed by atoms with Crippen molar-refractivity contribution in [2.75, 3.05) is 7.11 Å². The lowest BCUT2D eigenvalue weighted by Crippen LogP contribution is -2.20. The highest BCUT2D eigenvalue weighted by Gasteiger charge is 2.23. The van der Waals surface area contributed by atoms with Crippen molar-refractivity contribution < 1.29 is 13.5 Å². The van der Waals surface area contributed by atoms with Crippen LogP contribution in [-0.2, 0) is 5.41 Å². The second-order valence-corrected chi connectivity index (χ2v) is 8.88. The van der Waals surface area contributed by atoms with Crippen molar-refractivity contribution in [1.82, 2.24) is 15.6 Å². The van der Waals surface area contributed by atoms with Gasteiger partial charge in [0.05, 0.1) is 25.0 Å². The van der Waals surface area contributed by atoms with Crippen LogP contribution in [0.3, 0.4) is 0 Å². The van der Waals surface area contributed by atoms with Crippen LogP contribution in [0.5, 0.6) is 5.75 Å². The molecule has 0 bridgehead atoms. The summed E-state index contributed by atoms with van der Waals surface area (Å²) in [4.78, 5) is 4.31. The molecule has 3 rings (SSSR count). The van der Waals surface area contributed by atoms with E-state index in [1.54, 1.807) is 19.4 Å². The summed E-state index contributed by atoms with van der Waals surface area (Å²) in [7, 11) is 1.58. The Balaban J connectivity index is 1.90. The van der Waals surface area contributed by atoms with Crippen LogP contribution in [0.25, 0.3) is 11.3 Å². The molecule has 4 nitrogen and oxygen atoms in total. The van der Waals surface area contributed by atoms with Gasteiger partial charge in [-0.1, -0.05) is 27.7 Å². The highest BCUT2D eigenvalue weighted by molar-refractivity contribution is 5.63. The van der Waals surface area contributed by atoms with Crippen molar-refractivity contribution in [3.8, 4) is 17.0 Å². The molecule has 0 saturated carbocycles. The van der Waals surface area contributed by atoms with Crippen molar-refractivity contribution >= 4 is 0 Å². The monoisotopic (exact) mass is 415 g/mol. The smallest absolute Gasteiger partial charge is 0.140 e. The summed E-state index contributed by atoms with van der Waals surface area (Å²) in [6, 6.07) is 4.32. The fourth-order valence-electron chi connectivity index (χ4n) is 3.75. The lowest BCUT2D eigenvalue weighted by Gasteiger charge is -2.23. The van der Waals surface area contributed by atoms with Crippen LogP contribution < -0.4 is 15.4 Å². The van der Waals surface area contributed by atoms with E-state index in [-0.39, 0.29) is 17.0 Å². The topological polar surface area (TPSA) is 46.2 Å². The van der Waals surface area contributed by atoms with E-state index in [9.17, 15) is 4.39 Å². The van der Waals surface area contributed by atoms with Gasteiger partial charge in [0, 0.05) is 41.1 Å². The third kappa shape index (κ3) is 4.58. The number of hydrogen-bond donors (Lipinski definition) is 2. The summed E-state index contributed by atoms with van der Waals surface area (Å²) in [6.07, 6.45) is 5.35. The summed E-state index contributed by atoms with van der Waals surface area (Å²) in [6.45, 7) is 10.1. The summed E-state index contributed by atoms with van der Waals surface area (Å²) in [5, 5.41) is 6.58. The number of benzene rings is 1. The molecule has 0 fully saturated rings. The van der Waals surface area contributed by atoms with E-state index < -0.39 is 11.6 Å². The van der Waals surface area contributed by atoms with Crippen molar-refractivity contribution in [2.45, 2.75) is 65.0 Å². The number of aromatic nitrogens is 1. The third-order valence-electron chi connectivity index (χ3n) is 5.58. The van der Waals surface area contributed by atoms with Gasteiger partial charge in [-0.3, -0.25) is 4.98 Å². The van der Waals surface area contributed by atoms with Gasteiger partial charge in [0.1, 0.15) is 17.4 Å². The largest absolute Gasteiger partial charge is 0.495 e. The van der Waals surface area contributed by atoms with Gasteiger partial charge in [-0.25, -0.2) is 8.78 Å². The average molecular weight is 416 g/mol. The molecule has 2 N–H and O–H groups in total. The average Bonchev–Trinajstić information content (AvgIpc) is 3.15. The first kappa shape index (κ1) is 22.1. The molecular weight excluding hydrogens is 384 g/mol. The quantitative estimate of drug-likeness (QED) is 0.645. The number of methoxy groups -OCH3 is 1. The Labute approximate surface area is 177 Å². The first-order valence-electron chi connectivity index (χ1n) is 10.4. The first-order valence-corrected chi connectivity index (χ1v) is 10.4. The molecule has 0 radical (unpaired) electrons. The fraction of sp³-hybridized carbons (Fsp3) is 0.458. The zero-order valence-corrected chi connectivity index (χ0v) is 18.6. The van der Waals surface area contributed by atoms with Crippen LogP contribution >= 0.6 is 0 Å². The molecule has 1 aromatic carbocycles. The molecule has 1 aliphatic rings. The highest BCUT2D eigenvalue weighted by Crippen LogP contribution is 2.35. The van der Waals surface area contributed by atoms with Crippen molar-refractivity contribution in [1.29, 1.82) is 0 Å². The van der Waals surface area contributed by atoms with E-state index in [0.717, 1.165) is 24.1 Å². The summed E-state index contributed by atoms with van der Waals surface area (Å²) < 4.78 is 35.4.